The number of aryl methyl sites for hydroxylation is 2. The van der Waals surface area contributed by atoms with Crippen molar-refractivity contribution < 1.29 is 0 Å². The van der Waals surface area contributed by atoms with Crippen LogP contribution in [0.5, 0.6) is 0 Å². The van der Waals surface area contributed by atoms with Gasteiger partial charge in [0.05, 0.1) is 5.52 Å². The Hall–Kier alpha value is -1.88. The van der Waals surface area contributed by atoms with Crippen LogP contribution in [0.15, 0.2) is 29.9 Å². The van der Waals surface area contributed by atoms with Gasteiger partial charge < -0.3 is 4.98 Å². The van der Waals surface area contributed by atoms with Gasteiger partial charge in [-0.1, -0.05) is 29.5 Å². The summed E-state index contributed by atoms with van der Waals surface area (Å²) in [6, 6.07) is 4.27. The molecule has 0 radical (unpaired) electrons. The van der Waals surface area contributed by atoms with Crippen molar-refractivity contribution >= 4 is 33.8 Å². The number of aromatic amines is 1. The van der Waals surface area contributed by atoms with E-state index < -0.39 is 0 Å². The number of hydrogen-bond donors (Lipinski definition) is 1. The summed E-state index contributed by atoms with van der Waals surface area (Å²) in [6.45, 7) is 7.86. The van der Waals surface area contributed by atoms with Crippen LogP contribution in [0.1, 0.15) is 11.1 Å². The molecule has 0 fully saturated rings. The smallest absolute Gasteiger partial charge is 0.211 e. The standard InChI is InChI=1S/C14H14N4S/c1-4-5-19-14-16-13-12(17-18-14)10-7-8(2)6-9(3)11(10)15-13/h4,6-7H,1,5H2,2-3H3,(H,15,16,18). The molecule has 96 valence electrons. The van der Waals surface area contributed by atoms with Gasteiger partial charge in [-0.15, -0.1) is 16.8 Å². The highest BCUT2D eigenvalue weighted by Crippen LogP contribution is 2.26. The number of fused-ring (bicyclic) bond motifs is 3. The number of rotatable bonds is 3. The Bertz CT molecular complexity index is 776. The van der Waals surface area contributed by atoms with Gasteiger partial charge in [0, 0.05) is 11.1 Å². The molecule has 1 aromatic carbocycles. The van der Waals surface area contributed by atoms with Gasteiger partial charge in [-0.2, -0.15) is 0 Å². The molecular formula is C14H14N4S. The Labute approximate surface area is 115 Å². The topological polar surface area (TPSA) is 54.5 Å². The first-order chi connectivity index (χ1) is 9.19. The van der Waals surface area contributed by atoms with Crippen molar-refractivity contribution in [2.45, 2.75) is 19.0 Å². The quantitative estimate of drug-likeness (QED) is 0.585. The van der Waals surface area contributed by atoms with Crippen LogP contribution in [-0.2, 0) is 0 Å². The summed E-state index contributed by atoms with van der Waals surface area (Å²) < 4.78 is 0. The Morgan fingerprint density at radius 2 is 2.16 bits per heavy atom. The van der Waals surface area contributed by atoms with Crippen LogP contribution in [0, 0.1) is 13.8 Å². The largest absolute Gasteiger partial charge is 0.337 e. The molecule has 1 N–H and O–H groups in total. The summed E-state index contributed by atoms with van der Waals surface area (Å²) in [5.74, 6) is 0.783. The predicted molar refractivity (Wildman–Crippen MR) is 79.6 cm³/mol. The van der Waals surface area contributed by atoms with Crippen molar-refractivity contribution in [1.29, 1.82) is 0 Å². The van der Waals surface area contributed by atoms with E-state index in [2.05, 4.69) is 52.7 Å². The third-order valence-corrected chi connectivity index (χ3v) is 3.81. The fourth-order valence-corrected chi connectivity index (χ4v) is 2.73. The molecule has 2 heterocycles. The molecule has 19 heavy (non-hydrogen) atoms. The summed E-state index contributed by atoms with van der Waals surface area (Å²) >= 11 is 1.53. The SMILES string of the molecule is C=CCSc1nnc2c(n1)[nH]c1c(C)cc(C)cc12. The average molecular weight is 270 g/mol. The highest BCUT2D eigenvalue weighted by Gasteiger charge is 2.11. The number of hydrogen-bond acceptors (Lipinski definition) is 4. The first-order valence-electron chi connectivity index (χ1n) is 6.06. The minimum Gasteiger partial charge on any atom is -0.337 e. The number of benzene rings is 1. The average Bonchev–Trinajstić information content (AvgIpc) is 2.75. The van der Waals surface area contributed by atoms with E-state index in [0.717, 1.165) is 27.8 Å². The van der Waals surface area contributed by atoms with Crippen LogP contribution in [-0.4, -0.2) is 25.9 Å². The molecule has 0 aliphatic rings. The molecule has 0 aliphatic carbocycles. The molecule has 0 saturated carbocycles. The molecule has 3 rings (SSSR count). The van der Waals surface area contributed by atoms with E-state index in [1.54, 1.807) is 0 Å². The summed E-state index contributed by atoms with van der Waals surface area (Å²) in [5, 5.41) is 10.2. The Morgan fingerprint density at radius 3 is 2.95 bits per heavy atom. The lowest BCUT2D eigenvalue weighted by Gasteiger charge is -1.98. The Balaban J connectivity index is 2.22. The lowest BCUT2D eigenvalue weighted by Crippen LogP contribution is -1.91. The van der Waals surface area contributed by atoms with Crippen molar-refractivity contribution in [3.63, 3.8) is 0 Å². The van der Waals surface area contributed by atoms with E-state index in [1.165, 1.54) is 22.9 Å². The van der Waals surface area contributed by atoms with Gasteiger partial charge in [-0.25, -0.2) is 4.98 Å². The second-order valence-electron chi connectivity index (χ2n) is 4.52. The molecule has 2 aromatic heterocycles. The van der Waals surface area contributed by atoms with E-state index in [1.807, 2.05) is 6.08 Å². The van der Waals surface area contributed by atoms with Crippen molar-refractivity contribution in [3.8, 4) is 0 Å². The number of H-pyrrole nitrogens is 1. The van der Waals surface area contributed by atoms with Crippen molar-refractivity contribution in [2.24, 2.45) is 0 Å². The van der Waals surface area contributed by atoms with Gasteiger partial charge in [-0.3, -0.25) is 0 Å². The van der Waals surface area contributed by atoms with Crippen molar-refractivity contribution in [1.82, 2.24) is 20.2 Å². The zero-order valence-corrected chi connectivity index (χ0v) is 11.7. The lowest BCUT2D eigenvalue weighted by molar-refractivity contribution is 0.879. The summed E-state index contributed by atoms with van der Waals surface area (Å²) in [5.41, 5.74) is 5.15. The summed E-state index contributed by atoms with van der Waals surface area (Å²) in [6.07, 6.45) is 1.83. The van der Waals surface area contributed by atoms with Crippen molar-refractivity contribution in [3.05, 3.63) is 35.9 Å². The van der Waals surface area contributed by atoms with Crippen LogP contribution < -0.4 is 0 Å². The second-order valence-corrected chi connectivity index (χ2v) is 5.51. The summed E-state index contributed by atoms with van der Waals surface area (Å²) in [4.78, 5) is 7.84. The molecule has 0 saturated heterocycles. The Kier molecular flexibility index (Phi) is 2.98. The maximum absolute atomic E-state index is 4.51. The lowest BCUT2D eigenvalue weighted by atomic mass is 10.1. The van der Waals surface area contributed by atoms with Crippen LogP contribution in [0.4, 0.5) is 0 Å². The second kappa shape index (κ2) is 4.66. The maximum atomic E-state index is 4.51. The normalized spacial score (nSPS) is 11.3. The molecule has 3 aromatic rings. The monoisotopic (exact) mass is 270 g/mol. The molecular weight excluding hydrogens is 256 g/mol. The van der Waals surface area contributed by atoms with E-state index in [-0.39, 0.29) is 0 Å². The molecule has 0 spiro atoms. The van der Waals surface area contributed by atoms with Crippen LogP contribution in [0.2, 0.25) is 0 Å². The minimum absolute atomic E-state index is 0.674. The number of nitrogens with one attached hydrogen (secondary N) is 1. The molecule has 0 amide bonds. The highest BCUT2D eigenvalue weighted by molar-refractivity contribution is 7.99. The molecule has 0 aliphatic heterocycles. The zero-order chi connectivity index (χ0) is 13.4. The van der Waals surface area contributed by atoms with Gasteiger partial charge in [0.2, 0.25) is 5.16 Å². The maximum Gasteiger partial charge on any atom is 0.211 e. The number of nitrogens with zero attached hydrogens (tertiary/aromatic N) is 3. The fourth-order valence-electron chi connectivity index (χ4n) is 2.21. The van der Waals surface area contributed by atoms with E-state index in [0.29, 0.717) is 5.16 Å². The Morgan fingerprint density at radius 1 is 1.32 bits per heavy atom. The van der Waals surface area contributed by atoms with Gasteiger partial charge >= 0.3 is 0 Å². The first-order valence-corrected chi connectivity index (χ1v) is 7.04. The molecule has 0 atom stereocenters. The van der Waals surface area contributed by atoms with Crippen molar-refractivity contribution in [2.75, 3.05) is 5.75 Å². The van der Waals surface area contributed by atoms with Crippen LogP contribution in [0.3, 0.4) is 0 Å². The van der Waals surface area contributed by atoms with E-state index in [4.69, 9.17) is 0 Å². The van der Waals surface area contributed by atoms with Gasteiger partial charge in [0.1, 0.15) is 5.52 Å². The highest BCUT2D eigenvalue weighted by atomic mass is 32.2. The third-order valence-electron chi connectivity index (χ3n) is 2.98. The predicted octanol–water partition coefficient (Wildman–Crippen LogP) is 3.40. The first kappa shape index (κ1) is 12.2. The van der Waals surface area contributed by atoms with Gasteiger partial charge in [0.25, 0.3) is 0 Å². The number of aromatic nitrogens is 4. The number of thioether (sulfide) groups is 1. The molecule has 4 nitrogen and oxygen atoms in total. The van der Waals surface area contributed by atoms with Crippen LogP contribution >= 0.6 is 11.8 Å². The minimum atomic E-state index is 0.674. The van der Waals surface area contributed by atoms with Gasteiger partial charge in [-0.05, 0) is 25.5 Å². The zero-order valence-electron chi connectivity index (χ0n) is 10.9. The fraction of sp³-hybridized carbons (Fsp3) is 0.214. The third kappa shape index (κ3) is 2.10. The van der Waals surface area contributed by atoms with E-state index in [9.17, 15) is 0 Å². The van der Waals surface area contributed by atoms with Crippen LogP contribution in [0.25, 0.3) is 22.1 Å². The van der Waals surface area contributed by atoms with E-state index >= 15 is 0 Å². The summed E-state index contributed by atoms with van der Waals surface area (Å²) in [7, 11) is 0. The molecule has 5 heteroatoms. The van der Waals surface area contributed by atoms with Gasteiger partial charge in [0.15, 0.2) is 5.65 Å². The molecule has 0 bridgehead atoms. The molecule has 0 unspecified atom stereocenters.